The van der Waals surface area contributed by atoms with Crippen molar-refractivity contribution in [1.29, 1.82) is 0 Å². The highest BCUT2D eigenvalue weighted by atomic mass is 79.9. The zero-order valence-electron chi connectivity index (χ0n) is 16.9. The van der Waals surface area contributed by atoms with Crippen molar-refractivity contribution in [2.24, 2.45) is 0 Å². The number of benzene rings is 2. The second kappa shape index (κ2) is 10.2. The fourth-order valence-corrected chi connectivity index (χ4v) is 3.64. The third-order valence-corrected chi connectivity index (χ3v) is 5.30. The molecule has 8 heteroatoms. The van der Waals surface area contributed by atoms with E-state index >= 15 is 0 Å². The summed E-state index contributed by atoms with van der Waals surface area (Å²) >= 11 is 3.38. The van der Waals surface area contributed by atoms with Crippen LogP contribution in [0.15, 0.2) is 71.3 Å². The van der Waals surface area contributed by atoms with Crippen molar-refractivity contribution in [1.82, 2.24) is 9.47 Å². The van der Waals surface area contributed by atoms with Gasteiger partial charge in [0.1, 0.15) is 0 Å². The van der Waals surface area contributed by atoms with E-state index in [4.69, 9.17) is 4.74 Å². The van der Waals surface area contributed by atoms with Gasteiger partial charge in [0.05, 0.1) is 18.7 Å². The Balaban J connectivity index is 1.81. The number of nitrogens with zero attached hydrogens (tertiary/aromatic N) is 2. The van der Waals surface area contributed by atoms with E-state index in [0.717, 1.165) is 22.3 Å². The Hall–Kier alpha value is -2.58. The van der Waals surface area contributed by atoms with Crippen molar-refractivity contribution in [3.8, 4) is 0 Å². The monoisotopic (exact) mass is 494 g/mol. The molecule has 164 valence electrons. The largest absolute Gasteiger partial charge is 0.416 e. The van der Waals surface area contributed by atoms with E-state index in [1.165, 1.54) is 6.07 Å². The maximum Gasteiger partial charge on any atom is 0.416 e. The molecular formula is C23H22BrF3N2O2. The number of ether oxygens (including phenoxy) is 1. The zero-order chi connectivity index (χ0) is 22.4. The summed E-state index contributed by atoms with van der Waals surface area (Å²) in [4.78, 5) is 14.7. The zero-order valence-corrected chi connectivity index (χ0v) is 18.5. The SMILES string of the molecule is COCCN(Cc1cccn1Cc1cccc(C(F)(F)F)c1)C(=O)c1cccc(Br)c1. The van der Waals surface area contributed by atoms with Gasteiger partial charge in [0.2, 0.25) is 0 Å². The van der Waals surface area contributed by atoms with Crippen LogP contribution in [0.25, 0.3) is 0 Å². The van der Waals surface area contributed by atoms with Crippen molar-refractivity contribution in [3.63, 3.8) is 0 Å². The number of amides is 1. The lowest BCUT2D eigenvalue weighted by molar-refractivity contribution is -0.137. The molecule has 0 spiro atoms. The minimum Gasteiger partial charge on any atom is -0.383 e. The van der Waals surface area contributed by atoms with Gasteiger partial charge in [0.15, 0.2) is 0 Å². The first-order valence-corrected chi connectivity index (χ1v) is 10.4. The van der Waals surface area contributed by atoms with Gasteiger partial charge in [-0.15, -0.1) is 0 Å². The van der Waals surface area contributed by atoms with Crippen molar-refractivity contribution >= 4 is 21.8 Å². The summed E-state index contributed by atoms with van der Waals surface area (Å²) < 4.78 is 46.9. The number of aromatic nitrogens is 1. The number of alkyl halides is 3. The van der Waals surface area contributed by atoms with E-state index < -0.39 is 11.7 Å². The van der Waals surface area contributed by atoms with Crippen LogP contribution in [0.1, 0.15) is 27.2 Å². The lowest BCUT2D eigenvalue weighted by Crippen LogP contribution is -2.34. The maximum atomic E-state index is 13.1. The van der Waals surface area contributed by atoms with Crippen molar-refractivity contribution in [2.75, 3.05) is 20.3 Å². The molecule has 0 N–H and O–H groups in total. The molecule has 0 saturated heterocycles. The molecule has 2 aromatic carbocycles. The molecule has 3 aromatic rings. The molecular weight excluding hydrogens is 473 g/mol. The summed E-state index contributed by atoms with van der Waals surface area (Å²) in [5.41, 5.74) is 1.22. The summed E-state index contributed by atoms with van der Waals surface area (Å²) in [6.07, 6.45) is -2.59. The first-order valence-electron chi connectivity index (χ1n) is 9.62. The first-order chi connectivity index (χ1) is 14.8. The molecule has 1 heterocycles. The summed E-state index contributed by atoms with van der Waals surface area (Å²) in [5.74, 6) is -0.148. The van der Waals surface area contributed by atoms with Crippen LogP contribution < -0.4 is 0 Å². The van der Waals surface area contributed by atoms with Gasteiger partial charge in [0, 0.05) is 42.1 Å². The van der Waals surface area contributed by atoms with Crippen LogP contribution in [0.2, 0.25) is 0 Å². The Bertz CT molecular complexity index is 1030. The van der Waals surface area contributed by atoms with Crippen LogP contribution >= 0.6 is 15.9 Å². The van der Waals surface area contributed by atoms with Gasteiger partial charge in [-0.1, -0.05) is 34.1 Å². The number of hydrogen-bond acceptors (Lipinski definition) is 2. The van der Waals surface area contributed by atoms with Crippen molar-refractivity contribution in [2.45, 2.75) is 19.3 Å². The van der Waals surface area contributed by atoms with Gasteiger partial charge in [-0.2, -0.15) is 13.2 Å². The first kappa shape index (κ1) is 23.1. The van der Waals surface area contributed by atoms with Gasteiger partial charge in [0.25, 0.3) is 5.91 Å². The predicted octanol–water partition coefficient (Wildman–Crippen LogP) is 5.61. The highest BCUT2D eigenvalue weighted by molar-refractivity contribution is 9.10. The summed E-state index contributed by atoms with van der Waals surface area (Å²) in [7, 11) is 1.57. The number of methoxy groups -OCH3 is 1. The average molecular weight is 495 g/mol. The summed E-state index contributed by atoms with van der Waals surface area (Å²) in [6, 6.07) is 16.1. The molecule has 1 amide bonds. The lowest BCUT2D eigenvalue weighted by atomic mass is 10.1. The average Bonchev–Trinajstić information content (AvgIpc) is 3.16. The minimum atomic E-state index is -4.39. The van der Waals surface area contributed by atoms with Crippen LogP contribution in [0.4, 0.5) is 13.2 Å². The number of rotatable bonds is 8. The van der Waals surface area contributed by atoms with Gasteiger partial charge in [-0.3, -0.25) is 4.79 Å². The fraction of sp³-hybridized carbons (Fsp3) is 0.261. The molecule has 0 radical (unpaired) electrons. The quantitative estimate of drug-likeness (QED) is 0.408. The molecule has 0 aliphatic rings. The highest BCUT2D eigenvalue weighted by Crippen LogP contribution is 2.29. The van der Waals surface area contributed by atoms with Crippen LogP contribution in [0.3, 0.4) is 0 Å². The molecule has 0 fully saturated rings. The lowest BCUT2D eigenvalue weighted by Gasteiger charge is -2.24. The van der Waals surface area contributed by atoms with Gasteiger partial charge in [-0.25, -0.2) is 0 Å². The van der Waals surface area contributed by atoms with Gasteiger partial charge < -0.3 is 14.2 Å². The van der Waals surface area contributed by atoms with Crippen LogP contribution in [-0.4, -0.2) is 35.6 Å². The molecule has 1 aromatic heterocycles. The standard InChI is InChI=1S/C23H22BrF3N2O2/c1-31-12-11-29(22(30)18-6-3-8-20(24)14-18)16-21-9-4-10-28(21)15-17-5-2-7-19(13-17)23(25,26)27/h2-10,13-14H,11-12,15-16H2,1H3. The van der Waals surface area contributed by atoms with Crippen molar-refractivity contribution in [3.05, 3.63) is 93.7 Å². The molecule has 31 heavy (non-hydrogen) atoms. The highest BCUT2D eigenvalue weighted by Gasteiger charge is 2.30. The van der Waals surface area contributed by atoms with E-state index in [1.54, 1.807) is 42.5 Å². The third-order valence-electron chi connectivity index (χ3n) is 4.81. The normalized spacial score (nSPS) is 11.5. The smallest absolute Gasteiger partial charge is 0.383 e. The number of carbonyl (C=O) groups is 1. The Labute approximate surface area is 187 Å². The predicted molar refractivity (Wildman–Crippen MR) is 116 cm³/mol. The Morgan fingerprint density at radius 1 is 1.10 bits per heavy atom. The maximum absolute atomic E-state index is 13.1. The molecule has 0 bridgehead atoms. The molecule has 0 saturated carbocycles. The van der Waals surface area contributed by atoms with Crippen LogP contribution in [-0.2, 0) is 24.0 Å². The summed E-state index contributed by atoms with van der Waals surface area (Å²) in [6.45, 7) is 1.33. The van der Waals surface area contributed by atoms with Crippen LogP contribution in [0, 0.1) is 0 Å². The molecule has 0 aliphatic carbocycles. The van der Waals surface area contributed by atoms with E-state index in [1.807, 2.05) is 22.8 Å². The van der Waals surface area contributed by atoms with Gasteiger partial charge >= 0.3 is 6.18 Å². The van der Waals surface area contributed by atoms with E-state index in [9.17, 15) is 18.0 Å². The number of hydrogen-bond donors (Lipinski definition) is 0. The molecule has 0 unspecified atom stereocenters. The van der Waals surface area contributed by atoms with Crippen LogP contribution in [0.5, 0.6) is 0 Å². The van der Waals surface area contributed by atoms with E-state index in [2.05, 4.69) is 15.9 Å². The number of carbonyl (C=O) groups excluding carboxylic acids is 1. The van der Waals surface area contributed by atoms with Gasteiger partial charge in [-0.05, 0) is 48.0 Å². The summed E-state index contributed by atoms with van der Waals surface area (Å²) in [5, 5.41) is 0. The fourth-order valence-electron chi connectivity index (χ4n) is 3.24. The number of halogens is 4. The molecule has 0 aliphatic heterocycles. The second-order valence-corrected chi connectivity index (χ2v) is 7.97. The molecule has 0 atom stereocenters. The van der Waals surface area contributed by atoms with E-state index in [0.29, 0.717) is 30.8 Å². The molecule has 3 rings (SSSR count). The van der Waals surface area contributed by atoms with E-state index in [-0.39, 0.29) is 12.5 Å². The topological polar surface area (TPSA) is 34.5 Å². The Morgan fingerprint density at radius 3 is 2.58 bits per heavy atom. The second-order valence-electron chi connectivity index (χ2n) is 7.06. The molecule has 4 nitrogen and oxygen atoms in total. The third kappa shape index (κ3) is 6.21. The Kier molecular flexibility index (Phi) is 7.56. The Morgan fingerprint density at radius 2 is 1.87 bits per heavy atom. The minimum absolute atomic E-state index is 0.148. The van der Waals surface area contributed by atoms with Crippen molar-refractivity contribution < 1.29 is 22.7 Å².